The summed E-state index contributed by atoms with van der Waals surface area (Å²) in [5.41, 5.74) is -0.968. The van der Waals surface area contributed by atoms with Gasteiger partial charge < -0.3 is 9.84 Å². The molecule has 0 aliphatic heterocycles. The molecule has 1 atom stereocenters. The summed E-state index contributed by atoms with van der Waals surface area (Å²) in [4.78, 5) is 15.8. The van der Waals surface area contributed by atoms with E-state index in [-0.39, 0.29) is 5.78 Å². The summed E-state index contributed by atoms with van der Waals surface area (Å²) in [5.74, 6) is 0.212. The van der Waals surface area contributed by atoms with E-state index < -0.39 is 5.60 Å². The Morgan fingerprint density at radius 2 is 2.19 bits per heavy atom. The summed E-state index contributed by atoms with van der Waals surface area (Å²) in [6, 6.07) is 1.60. The molecule has 1 rings (SSSR count). The van der Waals surface area contributed by atoms with Crippen LogP contribution in [0.15, 0.2) is 18.5 Å². The minimum Gasteiger partial charge on any atom is -0.492 e. The number of aliphatic hydroxyl groups is 1. The summed E-state index contributed by atoms with van der Waals surface area (Å²) in [7, 11) is 0. The van der Waals surface area contributed by atoms with E-state index >= 15 is 0 Å². The Morgan fingerprint density at radius 1 is 1.50 bits per heavy atom. The Balaban J connectivity index is 2.96. The molecular formula is C12H17NO3. The number of carbonyl (C=O) groups excluding carboxylic acids is 1. The first-order valence-electron chi connectivity index (χ1n) is 5.36. The van der Waals surface area contributed by atoms with Crippen molar-refractivity contribution in [2.75, 3.05) is 6.61 Å². The SMILES string of the molecule is CCOc1cncc(C(=O)C(C)(O)CC)c1. The zero-order valence-corrected chi connectivity index (χ0v) is 9.86. The number of aromatic nitrogens is 1. The highest BCUT2D eigenvalue weighted by molar-refractivity contribution is 6.01. The number of Topliss-reactive ketones (excluding diaryl/α,β-unsaturated/α-hetero) is 1. The summed E-state index contributed by atoms with van der Waals surface area (Å²) in [5, 5.41) is 9.85. The first-order chi connectivity index (χ1) is 7.51. The molecule has 0 fully saturated rings. The maximum absolute atomic E-state index is 11.9. The topological polar surface area (TPSA) is 59.4 Å². The lowest BCUT2D eigenvalue weighted by Crippen LogP contribution is -2.34. The number of ether oxygens (including phenoxy) is 1. The number of hydrogen-bond donors (Lipinski definition) is 1. The van der Waals surface area contributed by atoms with Crippen LogP contribution in [-0.2, 0) is 0 Å². The van der Waals surface area contributed by atoms with Gasteiger partial charge in [-0.15, -0.1) is 0 Å². The number of rotatable bonds is 5. The largest absolute Gasteiger partial charge is 0.492 e. The van der Waals surface area contributed by atoms with Crippen LogP contribution in [-0.4, -0.2) is 28.1 Å². The molecule has 1 aromatic heterocycles. The Labute approximate surface area is 95.3 Å². The third-order valence-electron chi connectivity index (χ3n) is 2.46. The van der Waals surface area contributed by atoms with Crippen molar-refractivity contribution in [3.05, 3.63) is 24.0 Å². The Kier molecular flexibility index (Phi) is 4.01. The number of nitrogens with zero attached hydrogens (tertiary/aromatic N) is 1. The lowest BCUT2D eigenvalue weighted by atomic mass is 9.93. The van der Waals surface area contributed by atoms with Gasteiger partial charge in [0, 0.05) is 11.8 Å². The van der Waals surface area contributed by atoms with Gasteiger partial charge in [-0.2, -0.15) is 0 Å². The van der Waals surface area contributed by atoms with Gasteiger partial charge in [-0.25, -0.2) is 0 Å². The first-order valence-corrected chi connectivity index (χ1v) is 5.36. The van der Waals surface area contributed by atoms with Gasteiger partial charge in [0.25, 0.3) is 0 Å². The second-order valence-corrected chi connectivity index (χ2v) is 3.80. The van der Waals surface area contributed by atoms with Gasteiger partial charge in [-0.1, -0.05) is 6.92 Å². The normalized spacial score (nSPS) is 14.2. The summed E-state index contributed by atoms with van der Waals surface area (Å²) in [6.07, 6.45) is 3.35. The highest BCUT2D eigenvalue weighted by Gasteiger charge is 2.29. The molecule has 0 amide bonds. The second-order valence-electron chi connectivity index (χ2n) is 3.80. The molecule has 1 N–H and O–H groups in total. The third kappa shape index (κ3) is 2.79. The highest BCUT2D eigenvalue weighted by atomic mass is 16.5. The van der Waals surface area contributed by atoms with Gasteiger partial charge in [0.2, 0.25) is 0 Å². The Morgan fingerprint density at radius 3 is 2.75 bits per heavy atom. The Bertz CT molecular complexity index is 374. The van der Waals surface area contributed by atoms with Crippen molar-refractivity contribution in [1.29, 1.82) is 0 Å². The predicted octanol–water partition coefficient (Wildman–Crippen LogP) is 1.82. The zero-order valence-electron chi connectivity index (χ0n) is 9.86. The minimum atomic E-state index is -1.34. The fourth-order valence-corrected chi connectivity index (χ4v) is 1.26. The molecule has 16 heavy (non-hydrogen) atoms. The molecule has 0 bridgehead atoms. The number of hydrogen-bond acceptors (Lipinski definition) is 4. The predicted molar refractivity (Wildman–Crippen MR) is 60.7 cm³/mol. The molecule has 1 unspecified atom stereocenters. The molecule has 88 valence electrons. The van der Waals surface area contributed by atoms with E-state index in [1.807, 2.05) is 6.92 Å². The second kappa shape index (κ2) is 5.07. The average molecular weight is 223 g/mol. The van der Waals surface area contributed by atoms with E-state index in [1.165, 1.54) is 13.1 Å². The van der Waals surface area contributed by atoms with Gasteiger partial charge in [0.05, 0.1) is 12.8 Å². The molecule has 0 aliphatic carbocycles. The van der Waals surface area contributed by atoms with Crippen molar-refractivity contribution in [3.63, 3.8) is 0 Å². The van der Waals surface area contributed by atoms with Crippen molar-refractivity contribution in [3.8, 4) is 5.75 Å². The van der Waals surface area contributed by atoms with Crippen molar-refractivity contribution in [2.45, 2.75) is 32.8 Å². The minimum absolute atomic E-state index is 0.330. The fraction of sp³-hybridized carbons (Fsp3) is 0.500. The van der Waals surface area contributed by atoms with Crippen LogP contribution in [0.3, 0.4) is 0 Å². The molecule has 0 aromatic carbocycles. The van der Waals surface area contributed by atoms with Crippen molar-refractivity contribution in [2.24, 2.45) is 0 Å². The lowest BCUT2D eigenvalue weighted by Gasteiger charge is -2.19. The molecule has 0 spiro atoms. The molecule has 4 heteroatoms. The molecular weight excluding hydrogens is 206 g/mol. The zero-order chi connectivity index (χ0) is 12.2. The van der Waals surface area contributed by atoms with Crippen LogP contribution in [0.2, 0.25) is 0 Å². The fourth-order valence-electron chi connectivity index (χ4n) is 1.26. The quantitative estimate of drug-likeness (QED) is 0.773. The van der Waals surface area contributed by atoms with Gasteiger partial charge >= 0.3 is 0 Å². The maximum atomic E-state index is 11.9. The number of pyridine rings is 1. The van der Waals surface area contributed by atoms with Crippen LogP contribution >= 0.6 is 0 Å². The molecule has 0 radical (unpaired) electrons. The standard InChI is InChI=1S/C12H17NO3/c1-4-12(3,15)11(14)9-6-10(16-5-2)8-13-7-9/h6-8,15H,4-5H2,1-3H3. The molecule has 0 saturated carbocycles. The van der Waals surface area contributed by atoms with E-state index in [0.717, 1.165) is 0 Å². The molecule has 1 heterocycles. The lowest BCUT2D eigenvalue weighted by molar-refractivity contribution is 0.0390. The Hall–Kier alpha value is -1.42. The first kappa shape index (κ1) is 12.6. The third-order valence-corrected chi connectivity index (χ3v) is 2.46. The van der Waals surface area contributed by atoms with Crippen molar-refractivity contribution in [1.82, 2.24) is 4.98 Å². The van der Waals surface area contributed by atoms with Crippen LogP contribution in [0.4, 0.5) is 0 Å². The molecule has 0 aliphatic rings. The van der Waals surface area contributed by atoms with E-state index in [1.54, 1.807) is 19.2 Å². The van der Waals surface area contributed by atoms with Gasteiger partial charge in [-0.3, -0.25) is 9.78 Å². The molecule has 1 aromatic rings. The van der Waals surface area contributed by atoms with E-state index in [9.17, 15) is 9.90 Å². The average Bonchev–Trinajstić information content (AvgIpc) is 2.29. The smallest absolute Gasteiger partial charge is 0.195 e. The molecule has 4 nitrogen and oxygen atoms in total. The summed E-state index contributed by atoms with van der Waals surface area (Å²) < 4.78 is 5.25. The van der Waals surface area contributed by atoms with Crippen LogP contribution in [0.5, 0.6) is 5.75 Å². The number of ketones is 1. The van der Waals surface area contributed by atoms with Gasteiger partial charge in [-0.05, 0) is 26.3 Å². The maximum Gasteiger partial charge on any atom is 0.195 e. The van der Waals surface area contributed by atoms with E-state index in [4.69, 9.17) is 4.74 Å². The monoisotopic (exact) mass is 223 g/mol. The van der Waals surface area contributed by atoms with E-state index in [0.29, 0.717) is 24.3 Å². The summed E-state index contributed by atoms with van der Waals surface area (Å²) >= 11 is 0. The van der Waals surface area contributed by atoms with Crippen LogP contribution in [0.25, 0.3) is 0 Å². The van der Waals surface area contributed by atoms with Crippen molar-refractivity contribution < 1.29 is 14.6 Å². The highest BCUT2D eigenvalue weighted by Crippen LogP contribution is 2.19. The van der Waals surface area contributed by atoms with Crippen LogP contribution < -0.4 is 4.74 Å². The molecule has 0 saturated heterocycles. The van der Waals surface area contributed by atoms with Crippen LogP contribution in [0, 0.1) is 0 Å². The van der Waals surface area contributed by atoms with E-state index in [2.05, 4.69) is 4.98 Å². The van der Waals surface area contributed by atoms with Gasteiger partial charge in [0.1, 0.15) is 11.4 Å². The summed E-state index contributed by atoms with van der Waals surface area (Å²) in [6.45, 7) is 5.64. The van der Waals surface area contributed by atoms with Crippen molar-refractivity contribution >= 4 is 5.78 Å². The van der Waals surface area contributed by atoms with Crippen LogP contribution in [0.1, 0.15) is 37.6 Å². The van der Waals surface area contributed by atoms with Gasteiger partial charge in [0.15, 0.2) is 5.78 Å². The number of carbonyl (C=O) groups is 1.